The smallest absolute Gasteiger partial charge is 0.234 e. The number of hydrogen-bond acceptors (Lipinski definition) is 8. The summed E-state index contributed by atoms with van der Waals surface area (Å²) in [6.45, 7) is 1.59. The van der Waals surface area contributed by atoms with Crippen LogP contribution in [0, 0.1) is 11.3 Å². The Balaban J connectivity index is 1.66. The maximum Gasteiger partial charge on any atom is 0.234 e. The molecule has 0 aliphatic rings. The topological polar surface area (TPSA) is 118 Å². The van der Waals surface area contributed by atoms with Gasteiger partial charge >= 0.3 is 0 Å². The van der Waals surface area contributed by atoms with Crippen LogP contribution < -0.4 is 14.8 Å². The number of methoxy groups -OCH3 is 2. The summed E-state index contributed by atoms with van der Waals surface area (Å²) in [5.74, 6) is 0.196. The summed E-state index contributed by atoms with van der Waals surface area (Å²) in [7, 11) is -0.264. The molecule has 0 bridgehead atoms. The first-order valence-corrected chi connectivity index (χ1v) is 13.9. The summed E-state index contributed by atoms with van der Waals surface area (Å²) in [5.41, 5.74) is 2.72. The number of hydrogen-bond donors (Lipinski definition) is 1. The van der Waals surface area contributed by atoms with Crippen molar-refractivity contribution >= 4 is 42.4 Å². The highest BCUT2D eigenvalue weighted by Gasteiger charge is 2.24. The van der Waals surface area contributed by atoms with Crippen LogP contribution in [0.1, 0.15) is 29.5 Å². The van der Waals surface area contributed by atoms with Crippen molar-refractivity contribution in [1.29, 1.82) is 5.26 Å². The first-order valence-electron chi connectivity index (χ1n) is 11.4. The van der Waals surface area contributed by atoms with Crippen molar-refractivity contribution in [3.63, 3.8) is 0 Å². The molecule has 1 amide bonds. The van der Waals surface area contributed by atoms with Gasteiger partial charge in [0.05, 0.1) is 52.6 Å². The van der Waals surface area contributed by atoms with Gasteiger partial charge in [0, 0.05) is 12.1 Å². The summed E-state index contributed by atoms with van der Waals surface area (Å²) in [6, 6.07) is 19.1. The third kappa shape index (κ3) is 5.74. The van der Waals surface area contributed by atoms with Gasteiger partial charge in [-0.2, -0.15) is 5.26 Å². The first-order chi connectivity index (χ1) is 17.8. The minimum atomic E-state index is -3.36. The summed E-state index contributed by atoms with van der Waals surface area (Å²) in [6.07, 6.45) is 0.351. The number of fused-ring (bicyclic) bond motifs is 1. The number of ether oxygens (including phenoxy) is 2. The highest BCUT2D eigenvalue weighted by Crippen LogP contribution is 2.36. The zero-order valence-corrected chi connectivity index (χ0v) is 22.2. The van der Waals surface area contributed by atoms with Crippen LogP contribution >= 0.6 is 11.3 Å². The monoisotopic (exact) mass is 535 g/mol. The molecule has 8 nitrogen and oxygen atoms in total. The van der Waals surface area contributed by atoms with Crippen LogP contribution in [-0.2, 0) is 21.1 Å². The van der Waals surface area contributed by atoms with Gasteiger partial charge in [0.1, 0.15) is 0 Å². The maximum atomic E-state index is 13.5. The van der Waals surface area contributed by atoms with E-state index in [1.54, 1.807) is 51.5 Å². The fourth-order valence-corrected chi connectivity index (χ4v) is 5.65. The van der Waals surface area contributed by atoms with Crippen molar-refractivity contribution in [2.45, 2.75) is 24.2 Å². The van der Waals surface area contributed by atoms with Crippen LogP contribution in [-0.4, -0.2) is 39.3 Å². The van der Waals surface area contributed by atoms with Crippen LogP contribution in [0.3, 0.4) is 0 Å². The lowest BCUT2D eigenvalue weighted by Gasteiger charge is -2.17. The molecule has 1 N–H and O–H groups in total. The van der Waals surface area contributed by atoms with E-state index >= 15 is 0 Å². The van der Waals surface area contributed by atoms with E-state index in [2.05, 4.69) is 16.4 Å². The molecule has 0 aliphatic heterocycles. The number of benzene rings is 3. The number of carbonyl (C=O) groups excluding carboxylic acids is 1. The van der Waals surface area contributed by atoms with Crippen molar-refractivity contribution in [2.24, 2.45) is 0 Å². The zero-order chi connectivity index (χ0) is 26.6. The van der Waals surface area contributed by atoms with Crippen molar-refractivity contribution in [3.8, 4) is 17.6 Å². The van der Waals surface area contributed by atoms with Crippen LogP contribution in [0.5, 0.6) is 11.5 Å². The second-order valence-electron chi connectivity index (χ2n) is 8.22. The average Bonchev–Trinajstić information content (AvgIpc) is 3.32. The van der Waals surface area contributed by atoms with E-state index in [-0.39, 0.29) is 16.6 Å². The number of thiazole rings is 1. The number of anilines is 1. The number of nitrogens with zero attached hydrogens (tertiary/aromatic N) is 2. The molecule has 4 rings (SSSR count). The van der Waals surface area contributed by atoms with Gasteiger partial charge in [0.15, 0.2) is 26.5 Å². The number of amides is 1. The van der Waals surface area contributed by atoms with Crippen LogP contribution in [0.15, 0.2) is 65.6 Å². The molecule has 3 aromatic carbocycles. The predicted molar refractivity (Wildman–Crippen MR) is 143 cm³/mol. The van der Waals surface area contributed by atoms with Gasteiger partial charge in [0.2, 0.25) is 5.91 Å². The quantitative estimate of drug-likeness (QED) is 0.322. The Bertz CT molecular complexity index is 1530. The Hall–Kier alpha value is -3.94. The number of aromatic nitrogens is 1. The van der Waals surface area contributed by atoms with E-state index in [0.717, 1.165) is 10.3 Å². The first kappa shape index (κ1) is 26.1. The summed E-state index contributed by atoms with van der Waals surface area (Å²) >= 11 is 1.31. The molecule has 4 aromatic rings. The predicted octanol–water partition coefficient (Wildman–Crippen LogP) is 4.94. The van der Waals surface area contributed by atoms with Gasteiger partial charge in [-0.05, 0) is 41.8 Å². The van der Waals surface area contributed by atoms with Gasteiger partial charge in [0.25, 0.3) is 0 Å². The second-order valence-corrected chi connectivity index (χ2v) is 11.5. The molecule has 37 heavy (non-hydrogen) atoms. The highest BCUT2D eigenvalue weighted by atomic mass is 32.2. The molecule has 0 saturated heterocycles. The molecule has 1 atom stereocenters. The number of rotatable bonds is 9. The number of sulfone groups is 1. The summed E-state index contributed by atoms with van der Waals surface area (Å²) < 4.78 is 36.0. The molecule has 1 heterocycles. The fourth-order valence-electron chi connectivity index (χ4n) is 3.89. The Morgan fingerprint density at radius 3 is 2.30 bits per heavy atom. The lowest BCUT2D eigenvalue weighted by Crippen LogP contribution is -2.23. The molecule has 10 heteroatoms. The second kappa shape index (κ2) is 11.0. The van der Waals surface area contributed by atoms with Crippen molar-refractivity contribution < 1.29 is 22.7 Å². The maximum absolute atomic E-state index is 13.5. The van der Waals surface area contributed by atoms with Gasteiger partial charge < -0.3 is 14.8 Å². The lowest BCUT2D eigenvalue weighted by molar-refractivity contribution is -0.117. The Morgan fingerprint density at radius 2 is 1.70 bits per heavy atom. The van der Waals surface area contributed by atoms with E-state index in [0.29, 0.717) is 39.7 Å². The van der Waals surface area contributed by atoms with E-state index < -0.39 is 15.8 Å². The Kier molecular flexibility index (Phi) is 7.76. The Labute approximate surface area is 219 Å². The molecule has 0 fully saturated rings. The lowest BCUT2D eigenvalue weighted by atomic mass is 9.91. The van der Waals surface area contributed by atoms with Crippen molar-refractivity contribution in [1.82, 2.24) is 4.98 Å². The minimum absolute atomic E-state index is 0.00528. The molecule has 1 aromatic heterocycles. The third-order valence-electron chi connectivity index (χ3n) is 5.98. The normalized spacial score (nSPS) is 12.1. The van der Waals surface area contributed by atoms with Gasteiger partial charge in [-0.3, -0.25) is 4.79 Å². The minimum Gasteiger partial charge on any atom is -0.493 e. The fraction of sp³-hybridized carbons (Fsp3) is 0.222. The molecule has 190 valence electrons. The number of carbonyl (C=O) groups is 1. The molecular weight excluding hydrogens is 510 g/mol. The molecule has 0 spiro atoms. The van der Waals surface area contributed by atoms with Crippen LogP contribution in [0.2, 0.25) is 0 Å². The van der Waals surface area contributed by atoms with Crippen LogP contribution in [0.25, 0.3) is 10.2 Å². The van der Waals surface area contributed by atoms with Gasteiger partial charge in [-0.1, -0.05) is 42.5 Å². The summed E-state index contributed by atoms with van der Waals surface area (Å²) in [5, 5.41) is 12.4. The highest BCUT2D eigenvalue weighted by molar-refractivity contribution is 7.91. The number of nitrogens with one attached hydrogen (secondary N) is 1. The molecule has 0 saturated carbocycles. The molecular formula is C27H25N3O5S2. The average molecular weight is 536 g/mol. The Morgan fingerprint density at radius 1 is 1.05 bits per heavy atom. The zero-order valence-electron chi connectivity index (χ0n) is 20.5. The summed E-state index contributed by atoms with van der Waals surface area (Å²) in [4.78, 5) is 18.3. The largest absolute Gasteiger partial charge is 0.493 e. The van der Waals surface area contributed by atoms with E-state index in [4.69, 9.17) is 14.7 Å². The number of nitriles is 1. The third-order valence-corrected chi connectivity index (χ3v) is 8.67. The van der Waals surface area contributed by atoms with E-state index in [1.165, 1.54) is 23.5 Å². The standard InChI is InChI=1S/C27H25N3O5S2/c1-4-37(32,33)20-11-9-19(10-12-20)21(13-17-5-7-18(16-28)8-6-17)26(31)30-27-29-22-14-23(34-2)24(35-3)15-25(22)36-27/h5-12,14-15,21H,4,13H2,1-3H3,(H,29,30,31)/t21-/m1/s1. The van der Waals surface area contributed by atoms with Crippen molar-refractivity contribution in [2.75, 3.05) is 25.3 Å². The van der Waals surface area contributed by atoms with Gasteiger partial charge in [-0.25, -0.2) is 13.4 Å². The van der Waals surface area contributed by atoms with Crippen LogP contribution in [0.4, 0.5) is 5.13 Å². The van der Waals surface area contributed by atoms with E-state index in [1.807, 2.05) is 18.2 Å². The molecule has 0 radical (unpaired) electrons. The van der Waals surface area contributed by atoms with Gasteiger partial charge in [-0.15, -0.1) is 0 Å². The van der Waals surface area contributed by atoms with Crippen molar-refractivity contribution in [3.05, 3.63) is 77.4 Å². The molecule has 0 aliphatic carbocycles. The SMILES string of the molecule is CCS(=O)(=O)c1ccc([C@@H](Cc2ccc(C#N)cc2)C(=O)Nc2nc3cc(OC)c(OC)cc3s2)cc1. The van der Waals surface area contributed by atoms with E-state index in [9.17, 15) is 13.2 Å². The molecule has 0 unspecified atom stereocenters.